The van der Waals surface area contributed by atoms with E-state index in [4.69, 9.17) is 14.2 Å². The first kappa shape index (κ1) is 14.4. The van der Waals surface area contributed by atoms with Crippen molar-refractivity contribution in [3.63, 3.8) is 0 Å². The Balaban J connectivity index is 2.20. The molecule has 1 N–H and O–H groups in total. The third kappa shape index (κ3) is 5.48. The van der Waals surface area contributed by atoms with E-state index in [0.29, 0.717) is 26.4 Å². The van der Waals surface area contributed by atoms with Crippen molar-refractivity contribution in [2.24, 2.45) is 0 Å². The highest BCUT2D eigenvalue weighted by Gasteiger charge is 2.21. The van der Waals surface area contributed by atoms with E-state index in [1.165, 1.54) is 0 Å². The molecule has 0 bridgehead atoms. The van der Waals surface area contributed by atoms with Gasteiger partial charge in [-0.05, 0) is 26.3 Å². The summed E-state index contributed by atoms with van der Waals surface area (Å²) in [5.74, 6) is -0.248. The highest BCUT2D eigenvalue weighted by molar-refractivity contribution is 5.75. The van der Waals surface area contributed by atoms with Gasteiger partial charge in [0.2, 0.25) is 0 Å². The van der Waals surface area contributed by atoms with Crippen LogP contribution in [0.15, 0.2) is 0 Å². The Labute approximate surface area is 103 Å². The van der Waals surface area contributed by atoms with Gasteiger partial charge in [0.1, 0.15) is 6.04 Å². The van der Waals surface area contributed by atoms with Crippen molar-refractivity contribution in [2.45, 2.75) is 38.8 Å². The van der Waals surface area contributed by atoms with Gasteiger partial charge in [0, 0.05) is 6.61 Å². The number of ether oxygens (including phenoxy) is 3. The summed E-state index contributed by atoms with van der Waals surface area (Å²) in [6.45, 7) is 6.58. The Bertz CT molecular complexity index is 217. The Morgan fingerprint density at radius 1 is 1.53 bits per heavy atom. The Kier molecular flexibility index (Phi) is 7.16. The molecular weight excluding hydrogens is 222 g/mol. The second kappa shape index (κ2) is 8.44. The molecule has 1 rings (SSSR count). The minimum atomic E-state index is -0.374. The fraction of sp³-hybridized carbons (Fsp3) is 0.917. The van der Waals surface area contributed by atoms with Crippen molar-refractivity contribution in [2.75, 3.05) is 33.0 Å². The first-order chi connectivity index (χ1) is 8.27. The number of likely N-dealkylation sites (N-methyl/N-ethyl adjacent to an activating group) is 1. The summed E-state index contributed by atoms with van der Waals surface area (Å²) in [4.78, 5) is 11.6. The van der Waals surface area contributed by atoms with Crippen LogP contribution in [0.25, 0.3) is 0 Å². The van der Waals surface area contributed by atoms with Gasteiger partial charge >= 0.3 is 5.97 Å². The Morgan fingerprint density at radius 2 is 2.35 bits per heavy atom. The summed E-state index contributed by atoms with van der Waals surface area (Å²) in [7, 11) is 0. The molecule has 0 aromatic heterocycles. The number of hydrogen-bond donors (Lipinski definition) is 1. The minimum Gasteiger partial charge on any atom is -0.465 e. The van der Waals surface area contributed by atoms with Crippen molar-refractivity contribution in [3.8, 4) is 0 Å². The van der Waals surface area contributed by atoms with E-state index < -0.39 is 0 Å². The normalized spacial score (nSPS) is 21.4. The molecule has 0 aromatic carbocycles. The van der Waals surface area contributed by atoms with Crippen LogP contribution >= 0.6 is 0 Å². The SMILES string of the molecule is CCNC(COCC1CCCO1)C(=O)OCC. The monoisotopic (exact) mass is 245 g/mol. The van der Waals surface area contributed by atoms with Crippen molar-refractivity contribution in [1.29, 1.82) is 0 Å². The predicted octanol–water partition coefficient (Wildman–Crippen LogP) is 0.723. The van der Waals surface area contributed by atoms with Crippen LogP contribution in [0.2, 0.25) is 0 Å². The van der Waals surface area contributed by atoms with Gasteiger partial charge in [-0.3, -0.25) is 4.79 Å². The smallest absolute Gasteiger partial charge is 0.325 e. The number of esters is 1. The minimum absolute atomic E-state index is 0.194. The lowest BCUT2D eigenvalue weighted by atomic mass is 10.2. The highest BCUT2D eigenvalue weighted by Crippen LogP contribution is 2.11. The zero-order chi connectivity index (χ0) is 12.5. The molecule has 2 unspecified atom stereocenters. The van der Waals surface area contributed by atoms with Gasteiger partial charge in [-0.1, -0.05) is 6.92 Å². The lowest BCUT2D eigenvalue weighted by molar-refractivity contribution is -0.147. The molecule has 17 heavy (non-hydrogen) atoms. The molecule has 0 amide bonds. The molecule has 0 aromatic rings. The predicted molar refractivity (Wildman–Crippen MR) is 63.9 cm³/mol. The maximum atomic E-state index is 11.6. The zero-order valence-corrected chi connectivity index (χ0v) is 10.7. The van der Waals surface area contributed by atoms with Crippen molar-refractivity contribution in [1.82, 2.24) is 5.32 Å². The van der Waals surface area contributed by atoms with Crippen molar-refractivity contribution in [3.05, 3.63) is 0 Å². The van der Waals surface area contributed by atoms with Crippen LogP contribution in [-0.2, 0) is 19.0 Å². The van der Waals surface area contributed by atoms with E-state index in [1.54, 1.807) is 6.92 Å². The van der Waals surface area contributed by atoms with Gasteiger partial charge in [-0.25, -0.2) is 0 Å². The molecule has 0 saturated carbocycles. The van der Waals surface area contributed by atoms with E-state index in [0.717, 1.165) is 19.4 Å². The maximum absolute atomic E-state index is 11.6. The molecule has 1 aliphatic heterocycles. The fourth-order valence-electron chi connectivity index (χ4n) is 1.79. The number of carbonyl (C=O) groups excluding carboxylic acids is 1. The summed E-state index contributed by atoms with van der Waals surface area (Å²) in [6, 6.07) is -0.374. The molecular formula is C12H23NO4. The number of hydrogen-bond acceptors (Lipinski definition) is 5. The Hall–Kier alpha value is -0.650. The number of rotatable bonds is 8. The standard InChI is InChI=1S/C12H23NO4/c1-3-13-11(12(14)16-4-2)9-15-8-10-6-5-7-17-10/h10-11,13H,3-9H2,1-2H3. The van der Waals surface area contributed by atoms with Crippen molar-refractivity contribution < 1.29 is 19.0 Å². The van der Waals surface area contributed by atoms with Crippen LogP contribution in [0.1, 0.15) is 26.7 Å². The molecule has 1 aliphatic rings. The molecule has 0 aliphatic carbocycles. The van der Waals surface area contributed by atoms with Crippen LogP contribution in [0.3, 0.4) is 0 Å². The fourth-order valence-corrected chi connectivity index (χ4v) is 1.79. The number of nitrogens with one attached hydrogen (secondary N) is 1. The zero-order valence-electron chi connectivity index (χ0n) is 10.7. The second-order valence-corrected chi connectivity index (χ2v) is 4.03. The molecule has 2 atom stereocenters. The highest BCUT2D eigenvalue weighted by atomic mass is 16.5. The number of carbonyl (C=O) groups is 1. The molecule has 5 heteroatoms. The van der Waals surface area contributed by atoms with Gasteiger partial charge in [0.25, 0.3) is 0 Å². The topological polar surface area (TPSA) is 56.8 Å². The van der Waals surface area contributed by atoms with Crippen LogP contribution in [-0.4, -0.2) is 51.1 Å². The van der Waals surface area contributed by atoms with Gasteiger partial charge < -0.3 is 19.5 Å². The third-order valence-corrected chi connectivity index (χ3v) is 2.63. The summed E-state index contributed by atoms with van der Waals surface area (Å²) in [5.41, 5.74) is 0. The van der Waals surface area contributed by atoms with Crippen molar-refractivity contribution >= 4 is 5.97 Å². The average molecular weight is 245 g/mol. The first-order valence-electron chi connectivity index (χ1n) is 6.37. The van der Waals surface area contributed by atoms with Crippen LogP contribution in [0.5, 0.6) is 0 Å². The molecule has 1 saturated heterocycles. The molecule has 0 radical (unpaired) electrons. The van der Waals surface area contributed by atoms with Crippen LogP contribution < -0.4 is 5.32 Å². The van der Waals surface area contributed by atoms with E-state index in [9.17, 15) is 4.79 Å². The molecule has 100 valence electrons. The van der Waals surface area contributed by atoms with E-state index in [1.807, 2.05) is 6.92 Å². The van der Waals surface area contributed by atoms with Gasteiger partial charge in [0.15, 0.2) is 0 Å². The first-order valence-corrected chi connectivity index (χ1v) is 6.37. The summed E-state index contributed by atoms with van der Waals surface area (Å²) in [5, 5.41) is 3.05. The summed E-state index contributed by atoms with van der Waals surface area (Å²) >= 11 is 0. The maximum Gasteiger partial charge on any atom is 0.325 e. The van der Waals surface area contributed by atoms with E-state index in [2.05, 4.69) is 5.32 Å². The molecule has 0 spiro atoms. The summed E-state index contributed by atoms with van der Waals surface area (Å²) in [6.07, 6.45) is 2.34. The lowest BCUT2D eigenvalue weighted by Crippen LogP contribution is -2.42. The quantitative estimate of drug-likeness (QED) is 0.639. The van der Waals surface area contributed by atoms with E-state index >= 15 is 0 Å². The third-order valence-electron chi connectivity index (χ3n) is 2.63. The van der Waals surface area contributed by atoms with Gasteiger partial charge in [0.05, 0.1) is 25.9 Å². The van der Waals surface area contributed by atoms with Crippen LogP contribution in [0, 0.1) is 0 Å². The summed E-state index contributed by atoms with van der Waals surface area (Å²) < 4.78 is 15.9. The second-order valence-electron chi connectivity index (χ2n) is 4.03. The van der Waals surface area contributed by atoms with E-state index in [-0.39, 0.29) is 18.1 Å². The largest absolute Gasteiger partial charge is 0.465 e. The lowest BCUT2D eigenvalue weighted by Gasteiger charge is -2.17. The van der Waals surface area contributed by atoms with Gasteiger partial charge in [-0.2, -0.15) is 0 Å². The molecule has 1 fully saturated rings. The average Bonchev–Trinajstić information content (AvgIpc) is 2.81. The van der Waals surface area contributed by atoms with Crippen LogP contribution in [0.4, 0.5) is 0 Å². The molecule has 5 nitrogen and oxygen atoms in total. The Morgan fingerprint density at radius 3 is 2.94 bits per heavy atom. The molecule has 1 heterocycles. The van der Waals surface area contributed by atoms with Gasteiger partial charge in [-0.15, -0.1) is 0 Å².